The molecule has 0 amide bonds. The first-order chi connectivity index (χ1) is 33.2. The Morgan fingerprint density at radius 1 is 0.299 bits per heavy atom. The Hall–Kier alpha value is -8.72. The highest BCUT2D eigenvalue weighted by atomic mass is 16.3. The molecule has 1 aliphatic carbocycles. The predicted octanol–water partition coefficient (Wildman–Crippen LogP) is 17.7. The number of hydrogen-bond donors (Lipinski definition) is 0. The summed E-state index contributed by atoms with van der Waals surface area (Å²) in [6.45, 7) is 0. The van der Waals surface area contributed by atoms with Crippen molar-refractivity contribution in [1.82, 2.24) is 0 Å². The lowest BCUT2D eigenvalue weighted by Gasteiger charge is -2.35. The van der Waals surface area contributed by atoms with Gasteiger partial charge < -0.3 is 9.32 Å². The predicted molar refractivity (Wildman–Crippen MR) is 281 cm³/mol. The van der Waals surface area contributed by atoms with Crippen LogP contribution >= 0.6 is 0 Å². The van der Waals surface area contributed by atoms with Crippen LogP contribution in [0.5, 0.6) is 0 Å². The summed E-state index contributed by atoms with van der Waals surface area (Å²) in [4.78, 5) is 2.46. The van der Waals surface area contributed by atoms with Gasteiger partial charge in [0.1, 0.15) is 11.2 Å². The van der Waals surface area contributed by atoms with Crippen molar-refractivity contribution in [3.8, 4) is 22.3 Å². The summed E-state index contributed by atoms with van der Waals surface area (Å²) >= 11 is 0. The van der Waals surface area contributed by atoms with Gasteiger partial charge in [0, 0.05) is 33.2 Å². The molecule has 67 heavy (non-hydrogen) atoms. The third kappa shape index (κ3) is 5.51. The van der Waals surface area contributed by atoms with Gasteiger partial charge in [-0.05, 0) is 137 Å². The van der Waals surface area contributed by atoms with Crippen LogP contribution < -0.4 is 4.90 Å². The molecule has 1 aliphatic rings. The Balaban J connectivity index is 1.01. The third-order valence-electron chi connectivity index (χ3n) is 14.5. The van der Waals surface area contributed by atoms with Gasteiger partial charge in [0.15, 0.2) is 0 Å². The van der Waals surface area contributed by atoms with E-state index in [1.54, 1.807) is 0 Å². The van der Waals surface area contributed by atoms with Crippen molar-refractivity contribution in [2.45, 2.75) is 5.41 Å². The summed E-state index contributed by atoms with van der Waals surface area (Å²) in [5.74, 6) is 0. The van der Waals surface area contributed by atoms with E-state index < -0.39 is 5.41 Å². The van der Waals surface area contributed by atoms with E-state index in [0.717, 1.165) is 39.2 Å². The minimum atomic E-state index is -0.525. The molecule has 0 saturated heterocycles. The fourth-order valence-corrected chi connectivity index (χ4v) is 11.7. The van der Waals surface area contributed by atoms with Gasteiger partial charge in [-0.25, -0.2) is 0 Å². The van der Waals surface area contributed by atoms with Crippen LogP contribution in [0.25, 0.3) is 87.3 Å². The molecule has 2 heteroatoms. The van der Waals surface area contributed by atoms with Crippen LogP contribution in [0, 0.1) is 0 Å². The number of rotatable bonds is 6. The maximum absolute atomic E-state index is 6.44. The first kappa shape index (κ1) is 37.6. The number of para-hydroxylation sites is 1. The van der Waals surface area contributed by atoms with Crippen LogP contribution in [0.3, 0.4) is 0 Å². The van der Waals surface area contributed by atoms with E-state index >= 15 is 0 Å². The zero-order chi connectivity index (χ0) is 44.1. The van der Waals surface area contributed by atoms with Gasteiger partial charge >= 0.3 is 0 Å². The Morgan fingerprint density at radius 2 is 0.866 bits per heavy atom. The first-order valence-electron chi connectivity index (χ1n) is 23.2. The van der Waals surface area contributed by atoms with E-state index in [1.807, 2.05) is 6.07 Å². The summed E-state index contributed by atoms with van der Waals surface area (Å²) < 4.78 is 6.44. The normalized spacial score (nSPS) is 12.9. The van der Waals surface area contributed by atoms with Crippen molar-refractivity contribution in [3.05, 3.63) is 271 Å². The van der Waals surface area contributed by atoms with Crippen molar-refractivity contribution >= 4 is 82.1 Å². The molecule has 1 heterocycles. The van der Waals surface area contributed by atoms with Gasteiger partial charge in [-0.2, -0.15) is 0 Å². The summed E-state index contributed by atoms with van der Waals surface area (Å²) in [7, 11) is 0. The molecule has 0 N–H and O–H groups in total. The van der Waals surface area contributed by atoms with Crippen LogP contribution in [0.1, 0.15) is 22.3 Å². The fraction of sp³-hybridized carbons (Fsp3) is 0.0154. The average Bonchev–Trinajstić information content (AvgIpc) is 3.93. The SMILES string of the molecule is c1ccc(C2(c3ccccc3)c3ccccc3-c3ccc(N(c4cccc(-c5cccc6c7ccc8oc9ccccc9c8c7c7ccccc7c56)c4)c4ccc5ccccc5c4)cc32)cc1. The topological polar surface area (TPSA) is 16.4 Å². The molecule has 13 aromatic rings. The van der Waals surface area contributed by atoms with Gasteiger partial charge in [0.25, 0.3) is 0 Å². The summed E-state index contributed by atoms with van der Waals surface area (Å²) in [5.41, 5.74) is 14.5. The monoisotopic (exact) mass is 851 g/mol. The van der Waals surface area contributed by atoms with Crippen LogP contribution in [0.2, 0.25) is 0 Å². The Morgan fingerprint density at radius 3 is 1.67 bits per heavy atom. The molecule has 0 spiro atoms. The van der Waals surface area contributed by atoms with Crippen molar-refractivity contribution < 1.29 is 4.42 Å². The molecule has 0 fully saturated rings. The molecule has 312 valence electrons. The maximum atomic E-state index is 6.44. The fourth-order valence-electron chi connectivity index (χ4n) is 11.7. The Labute approximate surface area is 388 Å². The van der Waals surface area contributed by atoms with Crippen LogP contribution in [-0.4, -0.2) is 0 Å². The van der Waals surface area contributed by atoms with Gasteiger partial charge in [0.2, 0.25) is 0 Å². The van der Waals surface area contributed by atoms with Crippen LogP contribution in [0.4, 0.5) is 17.1 Å². The lowest BCUT2D eigenvalue weighted by Crippen LogP contribution is -2.28. The van der Waals surface area contributed by atoms with Gasteiger partial charge in [-0.1, -0.05) is 194 Å². The molecule has 12 aromatic carbocycles. The van der Waals surface area contributed by atoms with Crippen LogP contribution in [-0.2, 0) is 5.41 Å². The molecule has 0 atom stereocenters. The molecule has 0 unspecified atom stereocenters. The Kier molecular flexibility index (Phi) is 8.23. The highest BCUT2D eigenvalue weighted by Crippen LogP contribution is 2.57. The minimum absolute atomic E-state index is 0.525. The molecule has 0 bridgehead atoms. The number of furan rings is 1. The zero-order valence-electron chi connectivity index (χ0n) is 36.5. The van der Waals surface area contributed by atoms with E-state index in [4.69, 9.17) is 4.42 Å². The first-order valence-corrected chi connectivity index (χ1v) is 23.2. The second-order valence-corrected chi connectivity index (χ2v) is 17.9. The smallest absolute Gasteiger partial charge is 0.136 e. The average molecular weight is 852 g/mol. The molecule has 0 radical (unpaired) electrons. The molecule has 0 aliphatic heterocycles. The second kappa shape index (κ2) is 14.7. The van der Waals surface area contributed by atoms with Crippen molar-refractivity contribution in [2.75, 3.05) is 4.90 Å². The number of hydrogen-bond acceptors (Lipinski definition) is 2. The number of anilines is 3. The lowest BCUT2D eigenvalue weighted by molar-refractivity contribution is 0.669. The molecule has 0 saturated carbocycles. The third-order valence-corrected chi connectivity index (χ3v) is 14.5. The maximum Gasteiger partial charge on any atom is 0.136 e. The van der Waals surface area contributed by atoms with Crippen LogP contribution in [0.15, 0.2) is 253 Å². The van der Waals surface area contributed by atoms with Gasteiger partial charge in [-0.3, -0.25) is 0 Å². The summed E-state index contributed by atoms with van der Waals surface area (Å²) in [6.07, 6.45) is 0. The van der Waals surface area contributed by atoms with E-state index in [0.29, 0.717) is 0 Å². The van der Waals surface area contributed by atoms with E-state index in [9.17, 15) is 0 Å². The molecule has 14 rings (SSSR count). The highest BCUT2D eigenvalue weighted by Gasteiger charge is 2.46. The minimum Gasteiger partial charge on any atom is -0.456 e. The lowest BCUT2D eigenvalue weighted by atomic mass is 9.67. The number of fused-ring (bicyclic) bond motifs is 14. The summed E-state index contributed by atoms with van der Waals surface area (Å²) in [5, 5.41) is 12.1. The highest BCUT2D eigenvalue weighted by molar-refractivity contribution is 6.36. The van der Waals surface area contributed by atoms with Crippen molar-refractivity contribution in [3.63, 3.8) is 0 Å². The van der Waals surface area contributed by atoms with E-state index in [-0.39, 0.29) is 0 Å². The molecule has 1 aromatic heterocycles. The number of nitrogens with zero attached hydrogens (tertiary/aromatic N) is 1. The van der Waals surface area contributed by atoms with E-state index in [2.05, 4.69) is 248 Å². The largest absolute Gasteiger partial charge is 0.456 e. The quantitative estimate of drug-likeness (QED) is 0.155. The second-order valence-electron chi connectivity index (χ2n) is 17.9. The van der Waals surface area contributed by atoms with Gasteiger partial charge in [-0.15, -0.1) is 0 Å². The van der Waals surface area contributed by atoms with Crippen molar-refractivity contribution in [1.29, 1.82) is 0 Å². The zero-order valence-corrected chi connectivity index (χ0v) is 36.5. The molecular weight excluding hydrogens is 811 g/mol. The summed E-state index contributed by atoms with van der Waals surface area (Å²) in [6, 6.07) is 91.5. The molecular formula is C65H41NO. The Bertz CT molecular complexity index is 4040. The van der Waals surface area contributed by atoms with Gasteiger partial charge in [0.05, 0.1) is 5.41 Å². The number of benzene rings is 12. The standard InChI is InChI=1S/C65H41NO/c1-3-20-45(21-4-1)65(46-22-5-2-6-23-46)58-31-13-11-25-51(58)52-36-35-49(41-59(52)65)66(48-34-33-42-17-7-8-18-43(42)39-48)47-24-15-19-44(40-47)50-29-16-30-54-56-37-38-61-64(57-28-12-14-32-60(57)67-61)63(56)55-27-10-9-26-53(55)62(50)54/h1-41H. The molecule has 2 nitrogen and oxygen atoms in total. The van der Waals surface area contributed by atoms with E-state index in [1.165, 1.54) is 87.4 Å². The van der Waals surface area contributed by atoms with Crippen molar-refractivity contribution in [2.24, 2.45) is 0 Å².